The molecule has 1 atom stereocenters. The molecule has 1 aromatic heterocycles. The number of hydrogen-bond donors (Lipinski definition) is 0. The van der Waals surface area contributed by atoms with Crippen molar-refractivity contribution in [1.82, 2.24) is 4.98 Å². The second kappa shape index (κ2) is 6.51. The van der Waals surface area contributed by atoms with Crippen LogP contribution in [0.25, 0.3) is 10.9 Å². The van der Waals surface area contributed by atoms with Gasteiger partial charge in [0.05, 0.1) is 11.6 Å². The Balaban J connectivity index is 2.03. The highest BCUT2D eigenvalue weighted by Crippen LogP contribution is 2.14. The van der Waals surface area contributed by atoms with Crippen molar-refractivity contribution >= 4 is 16.9 Å². The van der Waals surface area contributed by atoms with Crippen LogP contribution in [0.3, 0.4) is 0 Å². The molecule has 0 aliphatic heterocycles. The van der Waals surface area contributed by atoms with Crippen molar-refractivity contribution in [2.45, 2.75) is 39.7 Å². The van der Waals surface area contributed by atoms with Crippen molar-refractivity contribution in [3.05, 3.63) is 42.1 Å². The lowest BCUT2D eigenvalue weighted by Gasteiger charge is -2.14. The summed E-state index contributed by atoms with van der Waals surface area (Å²) in [4.78, 5) is 16.4. The third-order valence-corrected chi connectivity index (χ3v) is 3.27. The maximum atomic E-state index is 12.1. The fraction of sp³-hybridized carbons (Fsp3) is 0.412. The van der Waals surface area contributed by atoms with E-state index in [4.69, 9.17) is 4.74 Å². The van der Waals surface area contributed by atoms with E-state index in [0.717, 1.165) is 23.7 Å². The van der Waals surface area contributed by atoms with Crippen LogP contribution in [-0.2, 0) is 4.74 Å². The molecule has 0 spiro atoms. The quantitative estimate of drug-likeness (QED) is 0.764. The highest BCUT2D eigenvalue weighted by atomic mass is 16.5. The molecule has 0 bridgehead atoms. The Bertz CT molecular complexity index is 592. The van der Waals surface area contributed by atoms with Crippen LogP contribution in [0.2, 0.25) is 0 Å². The molecule has 0 radical (unpaired) electrons. The van der Waals surface area contributed by atoms with E-state index in [0.29, 0.717) is 11.6 Å². The van der Waals surface area contributed by atoms with Crippen LogP contribution < -0.4 is 0 Å². The number of fused-ring (bicyclic) bond motifs is 1. The third kappa shape index (κ3) is 3.80. The standard InChI is InChI=1S/C17H21NO2/c1-12(2)8-9-13(3)20-17(19)16-11-10-14-6-4-5-7-15(14)18-16/h4-7,10-13H,8-9H2,1-3H3. The Morgan fingerprint density at radius 2 is 1.85 bits per heavy atom. The molecule has 0 aliphatic rings. The molecule has 1 unspecified atom stereocenters. The Hall–Kier alpha value is -1.90. The summed E-state index contributed by atoms with van der Waals surface area (Å²) in [6, 6.07) is 11.4. The highest BCUT2D eigenvalue weighted by Gasteiger charge is 2.14. The molecule has 3 nitrogen and oxygen atoms in total. The van der Waals surface area contributed by atoms with E-state index < -0.39 is 0 Å². The lowest BCUT2D eigenvalue weighted by atomic mass is 10.1. The summed E-state index contributed by atoms with van der Waals surface area (Å²) in [6.07, 6.45) is 1.87. The van der Waals surface area contributed by atoms with Crippen molar-refractivity contribution in [3.63, 3.8) is 0 Å². The van der Waals surface area contributed by atoms with Crippen LogP contribution in [-0.4, -0.2) is 17.1 Å². The van der Waals surface area contributed by atoms with Gasteiger partial charge in [0.25, 0.3) is 0 Å². The van der Waals surface area contributed by atoms with E-state index in [1.165, 1.54) is 0 Å². The minimum Gasteiger partial charge on any atom is -0.458 e. The Kier molecular flexibility index (Phi) is 4.72. The number of esters is 1. The fourth-order valence-corrected chi connectivity index (χ4v) is 2.05. The minimum atomic E-state index is -0.341. The summed E-state index contributed by atoms with van der Waals surface area (Å²) < 4.78 is 5.43. The molecule has 1 heterocycles. The number of carbonyl (C=O) groups is 1. The van der Waals surface area contributed by atoms with Gasteiger partial charge in [0.2, 0.25) is 0 Å². The van der Waals surface area contributed by atoms with E-state index >= 15 is 0 Å². The minimum absolute atomic E-state index is 0.0711. The summed E-state index contributed by atoms with van der Waals surface area (Å²) in [5, 5.41) is 1.02. The number of pyridine rings is 1. The molecule has 0 N–H and O–H groups in total. The number of ether oxygens (including phenoxy) is 1. The third-order valence-electron chi connectivity index (χ3n) is 3.27. The van der Waals surface area contributed by atoms with Crippen molar-refractivity contribution in [1.29, 1.82) is 0 Å². The number of nitrogens with zero attached hydrogens (tertiary/aromatic N) is 1. The van der Waals surface area contributed by atoms with Crippen molar-refractivity contribution in [2.24, 2.45) is 5.92 Å². The summed E-state index contributed by atoms with van der Waals surface area (Å²) in [6.45, 7) is 6.26. The van der Waals surface area contributed by atoms with Gasteiger partial charge >= 0.3 is 5.97 Å². The van der Waals surface area contributed by atoms with Gasteiger partial charge in [0.15, 0.2) is 0 Å². The first kappa shape index (κ1) is 14.5. The number of benzene rings is 1. The van der Waals surface area contributed by atoms with Gasteiger partial charge in [-0.15, -0.1) is 0 Å². The Morgan fingerprint density at radius 1 is 1.10 bits per heavy atom. The van der Waals surface area contributed by atoms with Gasteiger partial charge in [0.1, 0.15) is 5.69 Å². The SMILES string of the molecule is CC(C)CCC(C)OC(=O)c1ccc2ccccc2n1. The summed E-state index contributed by atoms with van der Waals surface area (Å²) in [5.41, 5.74) is 1.19. The molecule has 0 fully saturated rings. The molecular weight excluding hydrogens is 250 g/mol. The number of aromatic nitrogens is 1. The van der Waals surface area contributed by atoms with Crippen molar-refractivity contribution < 1.29 is 9.53 Å². The van der Waals surface area contributed by atoms with E-state index in [2.05, 4.69) is 18.8 Å². The largest absolute Gasteiger partial charge is 0.458 e. The Labute approximate surface area is 120 Å². The highest BCUT2D eigenvalue weighted by molar-refractivity contribution is 5.91. The Morgan fingerprint density at radius 3 is 2.60 bits per heavy atom. The number of para-hydroxylation sites is 1. The molecule has 106 valence electrons. The van der Waals surface area contributed by atoms with Crippen LogP contribution >= 0.6 is 0 Å². The molecule has 0 saturated carbocycles. The van der Waals surface area contributed by atoms with Gasteiger partial charge in [-0.2, -0.15) is 0 Å². The molecule has 3 heteroatoms. The fourth-order valence-electron chi connectivity index (χ4n) is 2.05. The van der Waals surface area contributed by atoms with Crippen LogP contribution in [0.5, 0.6) is 0 Å². The van der Waals surface area contributed by atoms with Crippen LogP contribution in [0.4, 0.5) is 0 Å². The lowest BCUT2D eigenvalue weighted by molar-refractivity contribution is 0.0307. The zero-order valence-electron chi connectivity index (χ0n) is 12.3. The van der Waals surface area contributed by atoms with Gasteiger partial charge in [-0.3, -0.25) is 0 Å². The van der Waals surface area contributed by atoms with Gasteiger partial charge in [-0.05, 0) is 37.8 Å². The molecule has 0 aliphatic carbocycles. The average molecular weight is 271 g/mol. The van der Waals surface area contributed by atoms with Crippen molar-refractivity contribution in [2.75, 3.05) is 0 Å². The maximum absolute atomic E-state index is 12.1. The first-order valence-corrected chi connectivity index (χ1v) is 7.13. The molecule has 2 rings (SSSR count). The number of rotatable bonds is 5. The summed E-state index contributed by atoms with van der Waals surface area (Å²) in [5.74, 6) is 0.280. The summed E-state index contributed by atoms with van der Waals surface area (Å²) >= 11 is 0. The number of hydrogen-bond acceptors (Lipinski definition) is 3. The average Bonchev–Trinajstić information content (AvgIpc) is 2.44. The van der Waals surface area contributed by atoms with Gasteiger partial charge in [-0.1, -0.05) is 38.1 Å². The monoisotopic (exact) mass is 271 g/mol. The van der Waals surface area contributed by atoms with Gasteiger partial charge < -0.3 is 4.74 Å². The molecular formula is C17H21NO2. The van der Waals surface area contributed by atoms with Crippen molar-refractivity contribution in [3.8, 4) is 0 Å². The second-order valence-corrected chi connectivity index (χ2v) is 5.58. The van der Waals surface area contributed by atoms with E-state index in [1.54, 1.807) is 6.07 Å². The summed E-state index contributed by atoms with van der Waals surface area (Å²) in [7, 11) is 0. The normalized spacial score (nSPS) is 12.6. The molecule has 2 aromatic rings. The van der Waals surface area contributed by atoms with Crippen LogP contribution in [0.15, 0.2) is 36.4 Å². The molecule has 20 heavy (non-hydrogen) atoms. The van der Waals surface area contributed by atoms with E-state index in [9.17, 15) is 4.79 Å². The van der Waals surface area contributed by atoms with E-state index in [1.807, 2.05) is 37.3 Å². The smallest absolute Gasteiger partial charge is 0.357 e. The van der Waals surface area contributed by atoms with Crippen LogP contribution in [0, 0.1) is 5.92 Å². The van der Waals surface area contributed by atoms with Gasteiger partial charge in [0, 0.05) is 5.39 Å². The number of carbonyl (C=O) groups excluding carboxylic acids is 1. The molecule has 0 amide bonds. The zero-order valence-corrected chi connectivity index (χ0v) is 12.3. The molecule has 0 saturated heterocycles. The van der Waals surface area contributed by atoms with Crippen LogP contribution in [0.1, 0.15) is 44.1 Å². The predicted octanol–water partition coefficient (Wildman–Crippen LogP) is 4.22. The first-order valence-electron chi connectivity index (χ1n) is 7.13. The maximum Gasteiger partial charge on any atom is 0.357 e. The zero-order chi connectivity index (χ0) is 14.5. The second-order valence-electron chi connectivity index (χ2n) is 5.58. The van der Waals surface area contributed by atoms with E-state index in [-0.39, 0.29) is 12.1 Å². The predicted molar refractivity (Wildman–Crippen MR) is 80.7 cm³/mol. The first-order chi connectivity index (χ1) is 9.56. The lowest BCUT2D eigenvalue weighted by Crippen LogP contribution is -2.16. The van der Waals surface area contributed by atoms with Gasteiger partial charge in [-0.25, -0.2) is 9.78 Å². The topological polar surface area (TPSA) is 39.2 Å². The molecule has 1 aromatic carbocycles.